The van der Waals surface area contributed by atoms with Gasteiger partial charge in [0.25, 0.3) is 5.69 Å². The van der Waals surface area contributed by atoms with Crippen LogP contribution < -0.4 is 9.62 Å². The molecule has 0 unspecified atom stereocenters. The van der Waals surface area contributed by atoms with Crippen LogP contribution in [0.3, 0.4) is 0 Å². The third kappa shape index (κ3) is 4.24. The predicted molar refractivity (Wildman–Crippen MR) is 93.7 cm³/mol. The number of sulfonamides is 1. The third-order valence-electron chi connectivity index (χ3n) is 4.05. The fourth-order valence-electron chi connectivity index (χ4n) is 3.32. The van der Waals surface area contributed by atoms with Crippen molar-refractivity contribution in [2.45, 2.75) is 45.1 Å². The van der Waals surface area contributed by atoms with Crippen molar-refractivity contribution in [1.29, 1.82) is 0 Å². The SMILES string of the molecule is CC(C)NS(=O)(=O)c1ccc(N2C[C@H](C)C[C@H](C)C2)c([N+](=O)[O-])c1. The van der Waals surface area contributed by atoms with Crippen molar-refractivity contribution >= 4 is 21.4 Å². The topological polar surface area (TPSA) is 92.6 Å². The van der Waals surface area contributed by atoms with E-state index >= 15 is 0 Å². The minimum Gasteiger partial charge on any atom is -0.365 e. The summed E-state index contributed by atoms with van der Waals surface area (Å²) in [5, 5.41) is 11.5. The Kier molecular flexibility index (Phi) is 5.49. The zero-order valence-corrected chi connectivity index (χ0v) is 15.3. The van der Waals surface area contributed by atoms with Crippen molar-refractivity contribution in [3.05, 3.63) is 28.3 Å². The summed E-state index contributed by atoms with van der Waals surface area (Å²) < 4.78 is 27.0. The smallest absolute Gasteiger partial charge is 0.293 e. The summed E-state index contributed by atoms with van der Waals surface area (Å²) in [6, 6.07) is 3.87. The lowest BCUT2D eigenvalue weighted by Crippen LogP contribution is -2.39. The summed E-state index contributed by atoms with van der Waals surface area (Å²) in [7, 11) is -3.76. The summed E-state index contributed by atoms with van der Waals surface area (Å²) in [4.78, 5) is 12.9. The van der Waals surface area contributed by atoms with Crippen LogP contribution in [-0.2, 0) is 10.0 Å². The number of anilines is 1. The van der Waals surface area contributed by atoms with Gasteiger partial charge in [-0.2, -0.15) is 0 Å². The molecular formula is C16H25N3O4S. The standard InChI is InChI=1S/C16H25N3O4S/c1-11(2)17-24(22,23)14-5-6-15(16(8-14)19(20)21)18-9-12(3)7-13(4)10-18/h5-6,8,11-13,17H,7,9-10H2,1-4H3/t12-,13+. The van der Waals surface area contributed by atoms with E-state index in [0.717, 1.165) is 25.6 Å². The maximum Gasteiger partial charge on any atom is 0.293 e. The van der Waals surface area contributed by atoms with E-state index < -0.39 is 14.9 Å². The van der Waals surface area contributed by atoms with Crippen LogP contribution >= 0.6 is 0 Å². The second kappa shape index (κ2) is 7.06. The molecule has 0 amide bonds. The molecule has 24 heavy (non-hydrogen) atoms. The Bertz CT molecular complexity index is 708. The van der Waals surface area contributed by atoms with Crippen molar-refractivity contribution < 1.29 is 13.3 Å². The fraction of sp³-hybridized carbons (Fsp3) is 0.625. The molecule has 1 aliphatic rings. The molecule has 134 valence electrons. The zero-order chi connectivity index (χ0) is 18.1. The normalized spacial score (nSPS) is 22.0. The first-order chi connectivity index (χ1) is 11.1. The highest BCUT2D eigenvalue weighted by Gasteiger charge is 2.29. The molecule has 1 heterocycles. The molecule has 0 radical (unpaired) electrons. The monoisotopic (exact) mass is 355 g/mol. The van der Waals surface area contributed by atoms with E-state index in [1.807, 2.05) is 4.90 Å². The van der Waals surface area contributed by atoms with Crippen molar-refractivity contribution in [1.82, 2.24) is 4.72 Å². The van der Waals surface area contributed by atoms with Gasteiger partial charge in [0.2, 0.25) is 10.0 Å². The van der Waals surface area contributed by atoms with Crippen molar-refractivity contribution in [3.63, 3.8) is 0 Å². The van der Waals surface area contributed by atoms with Gasteiger partial charge in [0.1, 0.15) is 5.69 Å². The molecule has 2 rings (SSSR count). The molecule has 1 aromatic rings. The molecule has 1 N–H and O–H groups in total. The molecule has 1 aliphatic heterocycles. The van der Waals surface area contributed by atoms with Crippen LogP contribution in [0.4, 0.5) is 11.4 Å². The Hall–Kier alpha value is -1.67. The second-order valence-corrected chi connectivity index (χ2v) is 8.75. The van der Waals surface area contributed by atoms with Crippen LogP contribution in [-0.4, -0.2) is 32.5 Å². The zero-order valence-electron chi connectivity index (χ0n) is 14.5. The van der Waals surface area contributed by atoms with Gasteiger partial charge in [-0.3, -0.25) is 10.1 Å². The Labute approximate surface area is 143 Å². The van der Waals surface area contributed by atoms with Crippen LogP contribution in [0, 0.1) is 22.0 Å². The molecule has 0 aliphatic carbocycles. The van der Waals surface area contributed by atoms with Gasteiger partial charge in [-0.15, -0.1) is 0 Å². The molecule has 1 aromatic carbocycles. The van der Waals surface area contributed by atoms with Crippen LogP contribution in [0.25, 0.3) is 0 Å². The lowest BCUT2D eigenvalue weighted by atomic mass is 9.91. The molecule has 0 bridgehead atoms. The van der Waals surface area contributed by atoms with E-state index in [1.54, 1.807) is 19.9 Å². The summed E-state index contributed by atoms with van der Waals surface area (Å²) in [5.74, 6) is 0.888. The molecule has 1 saturated heterocycles. The van der Waals surface area contributed by atoms with Gasteiger partial charge in [-0.25, -0.2) is 13.1 Å². The third-order valence-corrected chi connectivity index (χ3v) is 5.71. The molecule has 7 nitrogen and oxygen atoms in total. The van der Waals surface area contributed by atoms with E-state index in [9.17, 15) is 18.5 Å². The number of hydrogen-bond acceptors (Lipinski definition) is 5. The van der Waals surface area contributed by atoms with E-state index in [2.05, 4.69) is 18.6 Å². The number of hydrogen-bond donors (Lipinski definition) is 1. The fourth-order valence-corrected chi connectivity index (χ4v) is 4.59. The summed E-state index contributed by atoms with van der Waals surface area (Å²) >= 11 is 0. The lowest BCUT2D eigenvalue weighted by molar-refractivity contribution is -0.384. The van der Waals surface area contributed by atoms with Gasteiger partial charge >= 0.3 is 0 Å². The number of nitro benzene ring substituents is 1. The minimum absolute atomic E-state index is 0.0789. The maximum atomic E-state index is 12.3. The molecule has 0 saturated carbocycles. The highest BCUT2D eigenvalue weighted by Crippen LogP contribution is 2.34. The number of benzene rings is 1. The van der Waals surface area contributed by atoms with Crippen LogP contribution in [0.1, 0.15) is 34.1 Å². The largest absolute Gasteiger partial charge is 0.365 e. The van der Waals surface area contributed by atoms with Gasteiger partial charge in [0, 0.05) is 25.2 Å². The van der Waals surface area contributed by atoms with Gasteiger partial charge in [0.05, 0.1) is 9.82 Å². The Morgan fingerprint density at radius 1 is 1.25 bits per heavy atom. The average molecular weight is 355 g/mol. The second-order valence-electron chi connectivity index (χ2n) is 7.03. The lowest BCUT2D eigenvalue weighted by Gasteiger charge is -2.36. The van der Waals surface area contributed by atoms with Crippen LogP contribution in [0.15, 0.2) is 23.1 Å². The summed E-state index contributed by atoms with van der Waals surface area (Å²) in [6.45, 7) is 9.14. The van der Waals surface area contributed by atoms with Crippen molar-refractivity contribution in [2.24, 2.45) is 11.8 Å². The quantitative estimate of drug-likeness (QED) is 0.647. The maximum absolute atomic E-state index is 12.3. The molecule has 2 atom stereocenters. The summed E-state index contributed by atoms with van der Waals surface area (Å²) in [6.07, 6.45) is 1.09. The van der Waals surface area contributed by atoms with Gasteiger partial charge in [-0.05, 0) is 44.2 Å². The van der Waals surface area contributed by atoms with Gasteiger partial charge in [-0.1, -0.05) is 13.8 Å². The number of rotatable bonds is 5. The van der Waals surface area contributed by atoms with Crippen LogP contribution in [0.2, 0.25) is 0 Å². The van der Waals surface area contributed by atoms with Crippen molar-refractivity contribution in [3.8, 4) is 0 Å². The van der Waals surface area contributed by atoms with Gasteiger partial charge in [0.15, 0.2) is 0 Å². The number of nitrogens with zero attached hydrogens (tertiary/aromatic N) is 2. The van der Waals surface area contributed by atoms with Gasteiger partial charge < -0.3 is 4.90 Å². The Morgan fingerprint density at radius 3 is 2.33 bits per heavy atom. The number of piperidine rings is 1. The highest BCUT2D eigenvalue weighted by atomic mass is 32.2. The van der Waals surface area contributed by atoms with E-state index in [0.29, 0.717) is 17.5 Å². The summed E-state index contributed by atoms with van der Waals surface area (Å²) in [5.41, 5.74) is 0.324. The number of nitrogens with one attached hydrogen (secondary N) is 1. The highest BCUT2D eigenvalue weighted by molar-refractivity contribution is 7.89. The Balaban J connectivity index is 2.43. The first-order valence-corrected chi connectivity index (χ1v) is 9.64. The van der Waals surface area contributed by atoms with E-state index in [-0.39, 0.29) is 16.6 Å². The molecule has 0 aromatic heterocycles. The molecule has 0 spiro atoms. The first kappa shape index (κ1) is 18.7. The van der Waals surface area contributed by atoms with Crippen molar-refractivity contribution in [2.75, 3.05) is 18.0 Å². The van der Waals surface area contributed by atoms with E-state index in [1.165, 1.54) is 6.07 Å². The predicted octanol–water partition coefficient (Wildman–Crippen LogP) is 2.76. The van der Waals surface area contributed by atoms with Crippen LogP contribution in [0.5, 0.6) is 0 Å². The molecular weight excluding hydrogens is 330 g/mol. The Morgan fingerprint density at radius 2 is 1.83 bits per heavy atom. The first-order valence-electron chi connectivity index (χ1n) is 8.16. The minimum atomic E-state index is -3.76. The molecule has 8 heteroatoms. The van der Waals surface area contributed by atoms with E-state index in [4.69, 9.17) is 0 Å². The molecule has 1 fully saturated rings. The number of nitro groups is 1. The average Bonchev–Trinajstić information content (AvgIpc) is 2.44.